The van der Waals surface area contributed by atoms with Crippen LogP contribution in [-0.4, -0.2) is 30.8 Å². The minimum absolute atomic E-state index is 0.435. The molecule has 1 fully saturated rings. The van der Waals surface area contributed by atoms with Crippen molar-refractivity contribution in [2.45, 2.75) is 64.2 Å². The second-order valence-corrected chi connectivity index (χ2v) is 8.05. The van der Waals surface area contributed by atoms with Crippen LogP contribution in [-0.2, 0) is 14.8 Å². The Morgan fingerprint density at radius 3 is 2.11 bits per heavy atom. The standard InChI is InChI=1S/C12H23NO4S/c1-12(2,3)10(11(14)15)13-18(16,17)9-7-5-4-6-8-9/h9-10,13H,4-8H2,1-3H3,(H,14,15)/t10-/m1/s1. The first-order chi connectivity index (χ1) is 8.14. The third-order valence-electron chi connectivity index (χ3n) is 3.39. The quantitative estimate of drug-likeness (QED) is 0.820. The number of nitrogens with one attached hydrogen (secondary N) is 1. The molecule has 0 aromatic heterocycles. The van der Waals surface area contributed by atoms with Crippen molar-refractivity contribution in [2.24, 2.45) is 5.41 Å². The highest BCUT2D eigenvalue weighted by Gasteiger charge is 2.37. The summed E-state index contributed by atoms with van der Waals surface area (Å²) < 4.78 is 26.7. The maximum absolute atomic E-state index is 12.2. The third-order valence-corrected chi connectivity index (χ3v) is 5.30. The highest BCUT2D eigenvalue weighted by atomic mass is 32.2. The third kappa shape index (κ3) is 3.95. The van der Waals surface area contributed by atoms with Crippen LogP contribution in [0.2, 0.25) is 0 Å². The number of carbonyl (C=O) groups is 1. The number of hydrogen-bond acceptors (Lipinski definition) is 3. The fourth-order valence-electron chi connectivity index (χ4n) is 2.23. The van der Waals surface area contributed by atoms with Crippen LogP contribution >= 0.6 is 0 Å². The average Bonchev–Trinajstić information content (AvgIpc) is 2.25. The Bertz CT molecular complexity index is 391. The Morgan fingerprint density at radius 2 is 1.72 bits per heavy atom. The molecule has 18 heavy (non-hydrogen) atoms. The number of carboxylic acids is 1. The number of hydrogen-bond donors (Lipinski definition) is 2. The lowest BCUT2D eigenvalue weighted by atomic mass is 9.88. The van der Waals surface area contributed by atoms with Gasteiger partial charge in [-0.3, -0.25) is 4.79 Å². The van der Waals surface area contributed by atoms with Crippen molar-refractivity contribution in [1.29, 1.82) is 0 Å². The van der Waals surface area contributed by atoms with Gasteiger partial charge in [0.2, 0.25) is 10.0 Å². The van der Waals surface area contributed by atoms with Crippen LogP contribution in [0, 0.1) is 5.41 Å². The first-order valence-electron chi connectivity index (χ1n) is 6.38. The zero-order valence-corrected chi connectivity index (χ0v) is 12.1. The van der Waals surface area contributed by atoms with Crippen LogP contribution in [0.25, 0.3) is 0 Å². The molecule has 2 N–H and O–H groups in total. The molecule has 6 heteroatoms. The monoisotopic (exact) mass is 277 g/mol. The highest BCUT2D eigenvalue weighted by molar-refractivity contribution is 7.90. The number of carboxylic acid groups (broad SMARTS) is 1. The normalized spacial score (nSPS) is 20.6. The van der Waals surface area contributed by atoms with Crippen LogP contribution in [0.5, 0.6) is 0 Å². The van der Waals surface area contributed by atoms with Crippen molar-refractivity contribution in [1.82, 2.24) is 4.72 Å². The molecule has 0 aliphatic heterocycles. The van der Waals surface area contributed by atoms with Gasteiger partial charge in [0.15, 0.2) is 0 Å². The van der Waals surface area contributed by atoms with Crippen molar-refractivity contribution in [3.8, 4) is 0 Å². The molecule has 0 aromatic rings. The van der Waals surface area contributed by atoms with Gasteiger partial charge in [0.05, 0.1) is 5.25 Å². The second-order valence-electron chi connectivity index (χ2n) is 6.06. The predicted molar refractivity (Wildman–Crippen MR) is 69.8 cm³/mol. The summed E-state index contributed by atoms with van der Waals surface area (Å²) in [6.45, 7) is 5.15. The minimum atomic E-state index is -3.54. The molecule has 106 valence electrons. The van der Waals surface area contributed by atoms with E-state index in [4.69, 9.17) is 5.11 Å². The van der Waals surface area contributed by atoms with Gasteiger partial charge in [-0.2, -0.15) is 0 Å². The fourth-order valence-corrected chi connectivity index (χ4v) is 4.16. The largest absolute Gasteiger partial charge is 0.480 e. The first kappa shape index (κ1) is 15.4. The summed E-state index contributed by atoms with van der Waals surface area (Å²) in [5.41, 5.74) is -0.645. The Labute approximate surface area is 109 Å². The molecule has 0 spiro atoms. The van der Waals surface area contributed by atoms with Crippen LogP contribution in [0.15, 0.2) is 0 Å². The van der Waals surface area contributed by atoms with Crippen molar-refractivity contribution >= 4 is 16.0 Å². The fraction of sp³-hybridized carbons (Fsp3) is 0.917. The van der Waals surface area contributed by atoms with Gasteiger partial charge >= 0.3 is 5.97 Å². The second kappa shape index (κ2) is 5.57. The van der Waals surface area contributed by atoms with Crippen molar-refractivity contribution < 1.29 is 18.3 Å². The minimum Gasteiger partial charge on any atom is -0.480 e. The molecule has 1 saturated carbocycles. The molecule has 0 unspecified atom stereocenters. The van der Waals surface area contributed by atoms with Gasteiger partial charge in [-0.1, -0.05) is 40.0 Å². The average molecular weight is 277 g/mol. The molecule has 1 aliphatic carbocycles. The summed E-state index contributed by atoms with van der Waals surface area (Å²) in [7, 11) is -3.54. The maximum atomic E-state index is 12.2. The molecule has 5 nitrogen and oxygen atoms in total. The van der Waals surface area contributed by atoms with Gasteiger partial charge in [0, 0.05) is 0 Å². The van der Waals surface area contributed by atoms with Gasteiger partial charge in [-0.05, 0) is 18.3 Å². The zero-order valence-electron chi connectivity index (χ0n) is 11.3. The molecule has 1 rings (SSSR count). The van der Waals surface area contributed by atoms with E-state index in [1.807, 2.05) is 0 Å². The summed E-state index contributed by atoms with van der Waals surface area (Å²) >= 11 is 0. The topological polar surface area (TPSA) is 83.5 Å². The highest BCUT2D eigenvalue weighted by Crippen LogP contribution is 2.26. The van der Waals surface area contributed by atoms with Crippen LogP contribution in [0.1, 0.15) is 52.9 Å². The first-order valence-corrected chi connectivity index (χ1v) is 7.93. The van der Waals surface area contributed by atoms with E-state index in [1.165, 1.54) is 0 Å². The van der Waals surface area contributed by atoms with Gasteiger partial charge in [0.25, 0.3) is 0 Å². The Hall–Kier alpha value is -0.620. The van der Waals surface area contributed by atoms with Crippen molar-refractivity contribution in [3.63, 3.8) is 0 Å². The maximum Gasteiger partial charge on any atom is 0.322 e. The van der Waals surface area contributed by atoms with Gasteiger partial charge in [-0.15, -0.1) is 0 Å². The molecule has 0 saturated heterocycles. The van der Waals surface area contributed by atoms with E-state index in [1.54, 1.807) is 20.8 Å². The molecule has 0 bridgehead atoms. The summed E-state index contributed by atoms with van der Waals surface area (Å²) in [6.07, 6.45) is 4.13. The lowest BCUT2D eigenvalue weighted by Crippen LogP contribution is -2.51. The molecule has 1 aliphatic rings. The van der Waals surface area contributed by atoms with Gasteiger partial charge < -0.3 is 5.11 Å². The molecule has 0 heterocycles. The lowest BCUT2D eigenvalue weighted by Gasteiger charge is -2.30. The lowest BCUT2D eigenvalue weighted by molar-refractivity contribution is -0.141. The Kier molecular flexibility index (Phi) is 4.78. The van der Waals surface area contributed by atoms with Crippen LogP contribution < -0.4 is 4.72 Å². The summed E-state index contributed by atoms with van der Waals surface area (Å²) in [5, 5.41) is 8.71. The van der Waals surface area contributed by atoms with Gasteiger partial charge in [0.1, 0.15) is 6.04 Å². The van der Waals surface area contributed by atoms with Crippen LogP contribution in [0.3, 0.4) is 0 Å². The molecular formula is C12H23NO4S. The van der Waals surface area contributed by atoms with E-state index < -0.39 is 32.7 Å². The Morgan fingerprint density at radius 1 is 1.22 bits per heavy atom. The number of aliphatic carboxylic acids is 1. The van der Waals surface area contributed by atoms with E-state index >= 15 is 0 Å². The van der Waals surface area contributed by atoms with Crippen molar-refractivity contribution in [3.05, 3.63) is 0 Å². The zero-order chi connectivity index (χ0) is 14.0. The summed E-state index contributed by atoms with van der Waals surface area (Å²) in [6, 6.07) is -1.08. The smallest absolute Gasteiger partial charge is 0.322 e. The van der Waals surface area contributed by atoms with E-state index in [0.29, 0.717) is 12.8 Å². The predicted octanol–water partition coefficient (Wildman–Crippen LogP) is 1.74. The van der Waals surface area contributed by atoms with Gasteiger partial charge in [-0.25, -0.2) is 13.1 Å². The molecule has 0 radical (unpaired) electrons. The Balaban J connectivity index is 2.82. The van der Waals surface area contributed by atoms with E-state index in [9.17, 15) is 13.2 Å². The molecular weight excluding hydrogens is 254 g/mol. The number of sulfonamides is 1. The number of rotatable bonds is 4. The van der Waals surface area contributed by atoms with Crippen molar-refractivity contribution in [2.75, 3.05) is 0 Å². The van der Waals surface area contributed by atoms with E-state index in [-0.39, 0.29) is 0 Å². The van der Waals surface area contributed by atoms with Crippen LogP contribution in [0.4, 0.5) is 0 Å². The van der Waals surface area contributed by atoms with E-state index in [0.717, 1.165) is 19.3 Å². The molecule has 0 aromatic carbocycles. The molecule has 1 atom stereocenters. The summed E-state index contributed by atoms with van der Waals surface area (Å²) in [5.74, 6) is -1.12. The molecule has 0 amide bonds. The summed E-state index contributed by atoms with van der Waals surface area (Å²) in [4.78, 5) is 11.2. The van der Waals surface area contributed by atoms with E-state index in [2.05, 4.69) is 4.72 Å². The SMILES string of the molecule is CC(C)(C)[C@H](NS(=O)(=O)C1CCCCC1)C(=O)O.